The second-order valence-corrected chi connectivity index (χ2v) is 14.7. The van der Waals surface area contributed by atoms with Crippen molar-refractivity contribution in [3.63, 3.8) is 0 Å². The predicted octanol–water partition coefficient (Wildman–Crippen LogP) is 13.4. The SMILES string of the molecule is C1=CCC(c2cc3cc4c(cc3c3c(-c5ccccc5)cc5cc6c(cc5c23)C2=CC=CC3C=CC=C6[C@H]23)-c2cccc3cccc-4c23)C=C1. The molecule has 0 spiro atoms. The van der Waals surface area contributed by atoms with Crippen LogP contribution in [0.3, 0.4) is 0 Å². The Labute approximate surface area is 291 Å². The van der Waals surface area contributed by atoms with Crippen molar-refractivity contribution in [1.82, 2.24) is 0 Å². The average molecular weight is 633 g/mol. The Morgan fingerprint density at radius 3 is 1.86 bits per heavy atom. The van der Waals surface area contributed by atoms with E-state index in [1.165, 1.54) is 104 Å². The maximum Gasteiger partial charge on any atom is 0.0199 e. The molecule has 2 unspecified atom stereocenters. The van der Waals surface area contributed by atoms with Crippen LogP contribution in [0.2, 0.25) is 0 Å². The molecule has 0 amide bonds. The maximum atomic E-state index is 2.56. The Morgan fingerprint density at radius 1 is 0.440 bits per heavy atom. The molecule has 0 nitrogen and oxygen atoms in total. The lowest BCUT2D eigenvalue weighted by Gasteiger charge is -2.25. The van der Waals surface area contributed by atoms with E-state index < -0.39 is 0 Å². The van der Waals surface area contributed by atoms with E-state index in [-0.39, 0.29) is 0 Å². The smallest absolute Gasteiger partial charge is 0.0199 e. The summed E-state index contributed by atoms with van der Waals surface area (Å²) in [5, 5.41) is 10.8. The van der Waals surface area contributed by atoms with Crippen LogP contribution in [-0.2, 0) is 0 Å². The molecule has 0 aromatic heterocycles. The van der Waals surface area contributed by atoms with Gasteiger partial charge in [-0.2, -0.15) is 0 Å². The quantitative estimate of drug-likeness (QED) is 0.166. The van der Waals surface area contributed by atoms with Crippen LogP contribution < -0.4 is 0 Å². The zero-order valence-corrected chi connectivity index (χ0v) is 27.5. The fourth-order valence-corrected chi connectivity index (χ4v) is 10.0. The molecule has 0 radical (unpaired) electrons. The largest absolute Gasteiger partial charge is 0.0836 e. The molecule has 12 rings (SSSR count). The molecule has 7 aromatic rings. The molecule has 5 aliphatic rings. The van der Waals surface area contributed by atoms with Crippen molar-refractivity contribution in [3.05, 3.63) is 181 Å². The van der Waals surface area contributed by atoms with Gasteiger partial charge in [0.1, 0.15) is 0 Å². The first-order valence-electron chi connectivity index (χ1n) is 18.0. The molecule has 0 heteroatoms. The topological polar surface area (TPSA) is 0 Å². The molecule has 0 bridgehead atoms. The van der Waals surface area contributed by atoms with Crippen LogP contribution in [0, 0.1) is 11.8 Å². The Balaban J connectivity index is 1.26. The first-order valence-corrected chi connectivity index (χ1v) is 18.0. The molecule has 50 heavy (non-hydrogen) atoms. The molecule has 232 valence electrons. The number of fused-ring (bicyclic) bond motifs is 11. The van der Waals surface area contributed by atoms with Crippen molar-refractivity contribution in [2.24, 2.45) is 11.8 Å². The van der Waals surface area contributed by atoms with E-state index in [2.05, 4.69) is 164 Å². The lowest BCUT2D eigenvalue weighted by atomic mass is 9.78. The Bertz CT molecular complexity index is 2880. The number of benzene rings is 7. The van der Waals surface area contributed by atoms with Gasteiger partial charge in [-0.1, -0.05) is 127 Å². The van der Waals surface area contributed by atoms with Gasteiger partial charge in [0.2, 0.25) is 0 Å². The van der Waals surface area contributed by atoms with Crippen molar-refractivity contribution >= 4 is 54.2 Å². The lowest BCUT2D eigenvalue weighted by Crippen LogP contribution is -2.13. The highest BCUT2D eigenvalue weighted by Gasteiger charge is 2.38. The van der Waals surface area contributed by atoms with E-state index in [1.807, 2.05) is 0 Å². The molecule has 0 heterocycles. The molecule has 0 fully saturated rings. The summed E-state index contributed by atoms with van der Waals surface area (Å²) in [7, 11) is 0. The van der Waals surface area contributed by atoms with Crippen LogP contribution in [0.25, 0.3) is 87.6 Å². The van der Waals surface area contributed by atoms with Gasteiger partial charge in [0.15, 0.2) is 0 Å². The van der Waals surface area contributed by atoms with Gasteiger partial charge in [-0.15, -0.1) is 0 Å². The van der Waals surface area contributed by atoms with Gasteiger partial charge < -0.3 is 0 Å². The third-order valence-electron chi connectivity index (χ3n) is 12.2. The first kappa shape index (κ1) is 26.9. The number of hydrogen-bond acceptors (Lipinski definition) is 0. The number of rotatable bonds is 2. The van der Waals surface area contributed by atoms with E-state index in [0.29, 0.717) is 17.8 Å². The number of hydrogen-bond donors (Lipinski definition) is 0. The van der Waals surface area contributed by atoms with Crippen molar-refractivity contribution in [2.75, 3.05) is 0 Å². The summed E-state index contributed by atoms with van der Waals surface area (Å²) in [4.78, 5) is 0. The van der Waals surface area contributed by atoms with Crippen LogP contribution in [0.15, 0.2) is 164 Å². The van der Waals surface area contributed by atoms with E-state index in [0.717, 1.165) is 6.42 Å². The van der Waals surface area contributed by atoms with Crippen LogP contribution in [0.4, 0.5) is 0 Å². The molecule has 0 aliphatic heterocycles. The second kappa shape index (κ2) is 9.80. The van der Waals surface area contributed by atoms with Gasteiger partial charge in [-0.3, -0.25) is 0 Å². The third-order valence-corrected chi connectivity index (χ3v) is 12.2. The van der Waals surface area contributed by atoms with E-state index in [1.54, 1.807) is 0 Å². The Morgan fingerprint density at radius 2 is 1.10 bits per heavy atom. The monoisotopic (exact) mass is 632 g/mol. The first-order chi connectivity index (χ1) is 24.8. The van der Waals surface area contributed by atoms with E-state index in [4.69, 9.17) is 0 Å². The fourth-order valence-electron chi connectivity index (χ4n) is 10.0. The third kappa shape index (κ3) is 3.51. The summed E-state index contributed by atoms with van der Waals surface area (Å²) in [6.07, 6.45) is 24.2. The summed E-state index contributed by atoms with van der Waals surface area (Å²) >= 11 is 0. The minimum atomic E-state index is 0.305. The highest BCUT2D eigenvalue weighted by Crippen LogP contribution is 2.56. The minimum absolute atomic E-state index is 0.305. The van der Waals surface area contributed by atoms with Gasteiger partial charge in [0.25, 0.3) is 0 Å². The van der Waals surface area contributed by atoms with Crippen LogP contribution in [0.1, 0.15) is 29.0 Å². The molecule has 7 aromatic carbocycles. The highest BCUT2D eigenvalue weighted by atomic mass is 14.4. The molecule has 0 saturated heterocycles. The van der Waals surface area contributed by atoms with Crippen LogP contribution >= 0.6 is 0 Å². The zero-order valence-electron chi connectivity index (χ0n) is 27.5. The van der Waals surface area contributed by atoms with E-state index >= 15 is 0 Å². The molecule has 0 saturated carbocycles. The molecule has 0 N–H and O–H groups in total. The fraction of sp³-hybridized carbons (Fsp3) is 0.0800. The van der Waals surface area contributed by atoms with Crippen molar-refractivity contribution in [2.45, 2.75) is 12.3 Å². The lowest BCUT2D eigenvalue weighted by molar-refractivity contribution is 0.707. The van der Waals surface area contributed by atoms with Gasteiger partial charge in [-0.25, -0.2) is 0 Å². The van der Waals surface area contributed by atoms with Crippen molar-refractivity contribution in [3.8, 4) is 33.4 Å². The second-order valence-electron chi connectivity index (χ2n) is 14.7. The maximum absolute atomic E-state index is 2.56. The molecular weight excluding hydrogens is 601 g/mol. The molecule has 3 atom stereocenters. The van der Waals surface area contributed by atoms with Crippen molar-refractivity contribution in [1.29, 1.82) is 0 Å². The summed E-state index contributed by atoms with van der Waals surface area (Å²) in [6, 6.07) is 39.8. The minimum Gasteiger partial charge on any atom is -0.0836 e. The summed E-state index contributed by atoms with van der Waals surface area (Å²) in [5.41, 5.74) is 15.2. The van der Waals surface area contributed by atoms with Gasteiger partial charge >= 0.3 is 0 Å². The number of allylic oxidation sites excluding steroid dienone is 12. The van der Waals surface area contributed by atoms with Gasteiger partial charge in [0.05, 0.1) is 0 Å². The van der Waals surface area contributed by atoms with Crippen LogP contribution in [0.5, 0.6) is 0 Å². The summed E-state index contributed by atoms with van der Waals surface area (Å²) in [6.45, 7) is 0. The summed E-state index contributed by atoms with van der Waals surface area (Å²) < 4.78 is 0. The standard InChI is InChI=1S/C50H32/c1-3-11-29(12-4-1)39-23-33-25-43-35-19-7-15-31-18-10-22-38(47(31)35)46(43)28-42(33)50-40(30-13-5-2-6-14-30)24-34-26-44-36-20-8-16-32-17-9-21-37(48(32)36)45(44)27-41(34)49(39)50/h1-13,15-28,30-31,47H,14H2/t30?,31?,47-/m1/s1. The zero-order chi connectivity index (χ0) is 32.5. The summed E-state index contributed by atoms with van der Waals surface area (Å²) in [5.74, 6) is 1.14. The van der Waals surface area contributed by atoms with E-state index in [9.17, 15) is 0 Å². The van der Waals surface area contributed by atoms with Gasteiger partial charge in [0, 0.05) is 17.8 Å². The highest BCUT2D eigenvalue weighted by molar-refractivity contribution is 6.27. The van der Waals surface area contributed by atoms with Crippen molar-refractivity contribution < 1.29 is 0 Å². The normalized spacial score (nSPS) is 20.4. The molecular formula is C50H32. The average Bonchev–Trinajstić information content (AvgIpc) is 3.67. The Kier molecular flexibility index (Phi) is 5.28. The molecule has 5 aliphatic carbocycles. The Hall–Kier alpha value is -5.98. The predicted molar refractivity (Wildman–Crippen MR) is 213 cm³/mol. The van der Waals surface area contributed by atoms with Crippen LogP contribution in [-0.4, -0.2) is 0 Å². The van der Waals surface area contributed by atoms with Gasteiger partial charge in [-0.05, 0) is 147 Å².